The van der Waals surface area contributed by atoms with Crippen molar-refractivity contribution in [2.45, 2.75) is 25.0 Å². The van der Waals surface area contributed by atoms with Crippen LogP contribution in [0.3, 0.4) is 0 Å². The molecule has 1 amide bonds. The lowest BCUT2D eigenvalue weighted by Gasteiger charge is -2.23. The molecule has 1 aromatic heterocycles. The van der Waals surface area contributed by atoms with Crippen molar-refractivity contribution in [1.29, 1.82) is 0 Å². The van der Waals surface area contributed by atoms with Crippen LogP contribution in [0.5, 0.6) is 0 Å². The van der Waals surface area contributed by atoms with E-state index in [1.165, 1.54) is 12.5 Å². The molecule has 88 valence electrons. The van der Waals surface area contributed by atoms with Gasteiger partial charge in [-0.2, -0.15) is 0 Å². The van der Waals surface area contributed by atoms with Crippen LogP contribution in [-0.2, 0) is 4.79 Å². The van der Waals surface area contributed by atoms with Gasteiger partial charge in [0.1, 0.15) is 12.1 Å². The predicted molar refractivity (Wildman–Crippen MR) is 57.5 cm³/mol. The molecule has 0 bridgehead atoms. The maximum atomic E-state index is 11.9. The highest BCUT2D eigenvalue weighted by Gasteiger charge is 2.30. The Kier molecular flexibility index (Phi) is 3.26. The summed E-state index contributed by atoms with van der Waals surface area (Å²) < 4.78 is 4.85. The summed E-state index contributed by atoms with van der Waals surface area (Å²) in [5.41, 5.74) is 6.29. The first-order valence-corrected chi connectivity index (χ1v) is 5.44. The van der Waals surface area contributed by atoms with E-state index >= 15 is 0 Å². The number of nitrogens with zero attached hydrogens (tertiary/aromatic N) is 1. The Morgan fingerprint density at radius 1 is 1.50 bits per heavy atom. The van der Waals surface area contributed by atoms with E-state index in [4.69, 9.17) is 10.2 Å². The lowest BCUT2D eigenvalue weighted by Crippen LogP contribution is -2.45. The minimum atomic E-state index is -0.994. The van der Waals surface area contributed by atoms with Crippen LogP contribution in [0.2, 0.25) is 0 Å². The van der Waals surface area contributed by atoms with Crippen molar-refractivity contribution in [3.8, 4) is 0 Å². The zero-order valence-electron chi connectivity index (χ0n) is 9.00. The Morgan fingerprint density at radius 2 is 2.19 bits per heavy atom. The fraction of sp³-hybridized carbons (Fsp3) is 0.545. The molecule has 1 aliphatic rings. The lowest BCUT2D eigenvalue weighted by atomic mass is 10.1. The van der Waals surface area contributed by atoms with Gasteiger partial charge in [0.15, 0.2) is 0 Å². The average Bonchev–Trinajstić information content (AvgIpc) is 2.97. The molecule has 0 aliphatic carbocycles. The first kappa shape index (κ1) is 11.2. The number of furan rings is 1. The molecule has 1 fully saturated rings. The van der Waals surface area contributed by atoms with Crippen LogP contribution < -0.4 is 5.73 Å². The molecule has 1 aliphatic heterocycles. The molecule has 0 spiro atoms. The summed E-state index contributed by atoms with van der Waals surface area (Å²) in [4.78, 5) is 13.6. The van der Waals surface area contributed by atoms with Crippen LogP contribution in [0.25, 0.3) is 0 Å². The summed E-state index contributed by atoms with van der Waals surface area (Å²) in [6, 6.07) is 0.706. The highest BCUT2D eigenvalue weighted by Crippen LogP contribution is 2.19. The fourth-order valence-corrected chi connectivity index (χ4v) is 1.93. The third-order valence-corrected chi connectivity index (χ3v) is 2.93. The second kappa shape index (κ2) is 4.67. The van der Waals surface area contributed by atoms with Gasteiger partial charge in [0, 0.05) is 18.7 Å². The van der Waals surface area contributed by atoms with Crippen LogP contribution in [0.4, 0.5) is 0 Å². The van der Waals surface area contributed by atoms with Gasteiger partial charge in [-0.25, -0.2) is 0 Å². The zero-order valence-corrected chi connectivity index (χ0v) is 9.00. The molecule has 2 rings (SSSR count). The van der Waals surface area contributed by atoms with Crippen molar-refractivity contribution in [3.63, 3.8) is 0 Å². The molecule has 5 nitrogen and oxygen atoms in total. The van der Waals surface area contributed by atoms with Gasteiger partial charge in [0.25, 0.3) is 0 Å². The molecule has 3 N–H and O–H groups in total. The molecule has 0 radical (unpaired) electrons. The van der Waals surface area contributed by atoms with Gasteiger partial charge in [-0.1, -0.05) is 0 Å². The Morgan fingerprint density at radius 3 is 2.75 bits per heavy atom. The SMILES string of the molecule is N[C@H](C(=O)N1CCCC1)[C@H](O)c1ccoc1. The van der Waals surface area contributed by atoms with Crippen LogP contribution >= 0.6 is 0 Å². The summed E-state index contributed by atoms with van der Waals surface area (Å²) in [7, 11) is 0. The number of amides is 1. The molecular weight excluding hydrogens is 208 g/mol. The summed E-state index contributed by atoms with van der Waals surface area (Å²) in [5.74, 6) is -0.189. The van der Waals surface area contributed by atoms with Gasteiger partial charge in [0.2, 0.25) is 5.91 Å². The van der Waals surface area contributed by atoms with E-state index in [0.717, 1.165) is 25.9 Å². The smallest absolute Gasteiger partial charge is 0.242 e. The number of hydrogen-bond donors (Lipinski definition) is 2. The van der Waals surface area contributed by atoms with Gasteiger partial charge in [-0.05, 0) is 18.9 Å². The van der Waals surface area contributed by atoms with Gasteiger partial charge in [-0.3, -0.25) is 4.79 Å². The highest BCUT2D eigenvalue weighted by molar-refractivity contribution is 5.82. The van der Waals surface area contributed by atoms with Gasteiger partial charge < -0.3 is 20.2 Å². The van der Waals surface area contributed by atoms with Crippen molar-refractivity contribution >= 4 is 5.91 Å². The average molecular weight is 224 g/mol. The van der Waals surface area contributed by atoms with Crippen molar-refractivity contribution in [2.24, 2.45) is 5.73 Å². The largest absolute Gasteiger partial charge is 0.472 e. The maximum Gasteiger partial charge on any atom is 0.242 e. The lowest BCUT2D eigenvalue weighted by molar-refractivity contribution is -0.134. The van der Waals surface area contributed by atoms with E-state index < -0.39 is 12.1 Å². The second-order valence-corrected chi connectivity index (χ2v) is 4.06. The monoisotopic (exact) mass is 224 g/mol. The van der Waals surface area contributed by atoms with Crippen molar-refractivity contribution in [3.05, 3.63) is 24.2 Å². The first-order valence-electron chi connectivity index (χ1n) is 5.44. The number of carbonyl (C=O) groups excluding carboxylic acids is 1. The Bertz CT molecular complexity index is 344. The summed E-state index contributed by atoms with van der Waals surface area (Å²) in [5, 5.41) is 9.88. The van der Waals surface area contributed by atoms with Crippen LogP contribution in [0, 0.1) is 0 Å². The van der Waals surface area contributed by atoms with E-state index in [2.05, 4.69) is 0 Å². The van der Waals surface area contributed by atoms with Gasteiger partial charge in [-0.15, -0.1) is 0 Å². The number of aliphatic hydroxyl groups excluding tert-OH is 1. The number of nitrogens with two attached hydrogens (primary N) is 1. The molecule has 0 saturated carbocycles. The van der Waals surface area contributed by atoms with Gasteiger partial charge >= 0.3 is 0 Å². The Hall–Kier alpha value is -1.33. The number of likely N-dealkylation sites (tertiary alicyclic amines) is 1. The molecule has 1 saturated heterocycles. The van der Waals surface area contributed by atoms with E-state index in [1.807, 2.05) is 0 Å². The van der Waals surface area contributed by atoms with Crippen LogP contribution in [0.15, 0.2) is 23.0 Å². The molecule has 2 atom stereocenters. The van der Waals surface area contributed by atoms with E-state index in [1.54, 1.807) is 11.0 Å². The second-order valence-electron chi connectivity index (χ2n) is 4.06. The summed E-state index contributed by atoms with van der Waals surface area (Å²) in [6.45, 7) is 1.48. The maximum absolute atomic E-state index is 11.9. The fourth-order valence-electron chi connectivity index (χ4n) is 1.93. The van der Waals surface area contributed by atoms with E-state index in [0.29, 0.717) is 5.56 Å². The highest BCUT2D eigenvalue weighted by atomic mass is 16.3. The Labute approximate surface area is 93.8 Å². The van der Waals surface area contributed by atoms with Crippen LogP contribution in [-0.4, -0.2) is 35.0 Å². The minimum Gasteiger partial charge on any atom is -0.472 e. The number of hydrogen-bond acceptors (Lipinski definition) is 4. The molecule has 0 unspecified atom stereocenters. The quantitative estimate of drug-likeness (QED) is 0.772. The minimum absolute atomic E-state index is 0.189. The summed E-state index contributed by atoms with van der Waals surface area (Å²) >= 11 is 0. The number of carbonyl (C=O) groups is 1. The van der Waals surface area contributed by atoms with Gasteiger partial charge in [0.05, 0.1) is 12.5 Å². The Balaban J connectivity index is 2.01. The van der Waals surface area contributed by atoms with E-state index in [-0.39, 0.29) is 5.91 Å². The standard InChI is InChI=1S/C11H16N2O3/c12-9(10(14)8-3-6-16-7-8)11(15)13-4-1-2-5-13/h3,6-7,9-10,14H,1-2,4-5,12H2/t9-,10+/m0/s1. The van der Waals surface area contributed by atoms with E-state index in [9.17, 15) is 9.90 Å². The molecule has 16 heavy (non-hydrogen) atoms. The van der Waals surface area contributed by atoms with Crippen molar-refractivity contribution in [1.82, 2.24) is 4.90 Å². The number of rotatable bonds is 3. The zero-order chi connectivity index (χ0) is 11.5. The topological polar surface area (TPSA) is 79.7 Å². The molecule has 5 heteroatoms. The number of aliphatic hydroxyl groups is 1. The van der Waals surface area contributed by atoms with Crippen molar-refractivity contribution in [2.75, 3.05) is 13.1 Å². The molecule has 0 aromatic carbocycles. The van der Waals surface area contributed by atoms with Crippen molar-refractivity contribution < 1.29 is 14.3 Å². The first-order chi connectivity index (χ1) is 7.70. The molecule has 1 aromatic rings. The summed E-state index contributed by atoms with van der Waals surface area (Å²) in [6.07, 6.45) is 3.89. The third kappa shape index (κ3) is 2.10. The third-order valence-electron chi connectivity index (χ3n) is 2.93. The normalized spacial score (nSPS) is 19.8. The predicted octanol–water partition coefficient (Wildman–Crippen LogP) is 0.263. The molecular formula is C11H16N2O3. The van der Waals surface area contributed by atoms with Crippen LogP contribution in [0.1, 0.15) is 24.5 Å². The molecule has 2 heterocycles.